The highest BCUT2D eigenvalue weighted by Gasteiger charge is 2.64. The van der Waals surface area contributed by atoms with Gasteiger partial charge in [-0.25, -0.2) is 5.43 Å². The van der Waals surface area contributed by atoms with E-state index in [4.69, 9.17) is 9.47 Å². The van der Waals surface area contributed by atoms with Gasteiger partial charge < -0.3 is 9.47 Å². The molecule has 3 atom stereocenters. The molecule has 0 aromatic heterocycles. The number of hydrogen-bond acceptors (Lipinski definition) is 6. The van der Waals surface area contributed by atoms with Crippen LogP contribution in [0.1, 0.15) is 38.2 Å². The molecule has 0 saturated heterocycles. The fraction of sp³-hybridized carbons (Fsp3) is 0.556. The molecule has 26 heavy (non-hydrogen) atoms. The van der Waals surface area contributed by atoms with Gasteiger partial charge in [0.2, 0.25) is 5.91 Å². The molecule has 2 aliphatic rings. The number of ether oxygens (including phenoxy) is 2. The molecule has 0 aliphatic heterocycles. The van der Waals surface area contributed by atoms with Crippen LogP contribution in [0.3, 0.4) is 0 Å². The first-order valence-corrected chi connectivity index (χ1v) is 8.65. The molecule has 2 aliphatic carbocycles. The fourth-order valence-corrected chi connectivity index (χ4v) is 4.23. The van der Waals surface area contributed by atoms with E-state index in [2.05, 4.69) is 17.5 Å². The largest absolute Gasteiger partial charge is 0.493 e. The Kier molecular flexibility index (Phi) is 4.84. The Balaban J connectivity index is 1.74. The fourth-order valence-electron chi connectivity index (χ4n) is 4.23. The number of benzene rings is 1. The summed E-state index contributed by atoms with van der Waals surface area (Å²) in [7, 11) is 2.85. The van der Waals surface area contributed by atoms with Crippen LogP contribution in [0.2, 0.25) is 0 Å². The normalized spacial score (nSPS) is 26.9. The predicted molar refractivity (Wildman–Crippen MR) is 95.5 cm³/mol. The molecule has 1 amide bonds. The topological polar surface area (TPSA) is 103 Å². The van der Waals surface area contributed by atoms with Crippen LogP contribution >= 0.6 is 0 Å². The van der Waals surface area contributed by atoms with Crippen molar-refractivity contribution in [1.82, 2.24) is 5.43 Å². The van der Waals surface area contributed by atoms with Crippen LogP contribution in [0.4, 0.5) is 5.69 Å². The van der Waals surface area contributed by atoms with E-state index < -0.39 is 4.92 Å². The first-order chi connectivity index (χ1) is 12.4. The monoisotopic (exact) mass is 361 g/mol. The van der Waals surface area contributed by atoms with E-state index in [0.717, 1.165) is 19.3 Å². The Morgan fingerprint density at radius 3 is 2.62 bits per heavy atom. The number of nitro benzene ring substituents is 1. The molecule has 0 bridgehead atoms. The van der Waals surface area contributed by atoms with Gasteiger partial charge in [-0.15, -0.1) is 0 Å². The number of fused-ring (bicyclic) bond motifs is 1. The third-order valence-electron chi connectivity index (χ3n) is 5.72. The number of rotatable bonds is 6. The maximum Gasteiger partial charge on any atom is 0.282 e. The second-order valence-corrected chi connectivity index (χ2v) is 7.09. The second-order valence-electron chi connectivity index (χ2n) is 7.09. The molecular formula is C18H23N3O5. The van der Waals surface area contributed by atoms with Gasteiger partial charge in [-0.2, -0.15) is 5.10 Å². The summed E-state index contributed by atoms with van der Waals surface area (Å²) in [5.74, 6) is 0.921. The van der Waals surface area contributed by atoms with Gasteiger partial charge in [0.1, 0.15) is 0 Å². The highest BCUT2D eigenvalue weighted by Crippen LogP contribution is 2.66. The van der Waals surface area contributed by atoms with Crippen LogP contribution < -0.4 is 14.9 Å². The number of nitrogens with zero attached hydrogens (tertiary/aromatic N) is 2. The van der Waals surface area contributed by atoms with Gasteiger partial charge in [-0.3, -0.25) is 14.9 Å². The van der Waals surface area contributed by atoms with Gasteiger partial charge in [-0.05, 0) is 30.2 Å². The number of nitrogens with one attached hydrogen (secondary N) is 1. The number of amides is 1. The summed E-state index contributed by atoms with van der Waals surface area (Å²) in [6, 6.07) is 2.74. The SMILES string of the molecule is COc1cc(/C=N\NC(=O)[C@H]2[C@H]3CCCC[C@]32C)c([N+](=O)[O-])cc1OC. The smallest absolute Gasteiger partial charge is 0.282 e. The molecule has 2 saturated carbocycles. The lowest BCUT2D eigenvalue weighted by atomic mass is 9.90. The maximum absolute atomic E-state index is 12.4. The van der Waals surface area contributed by atoms with E-state index in [1.807, 2.05) is 0 Å². The van der Waals surface area contributed by atoms with Gasteiger partial charge >= 0.3 is 0 Å². The summed E-state index contributed by atoms with van der Waals surface area (Å²) in [5.41, 5.74) is 2.69. The highest BCUT2D eigenvalue weighted by molar-refractivity contribution is 5.89. The molecule has 8 nitrogen and oxygen atoms in total. The van der Waals surface area contributed by atoms with Gasteiger partial charge in [0.15, 0.2) is 11.5 Å². The number of carbonyl (C=O) groups excluding carboxylic acids is 1. The highest BCUT2D eigenvalue weighted by atomic mass is 16.6. The first kappa shape index (κ1) is 18.2. The van der Waals surface area contributed by atoms with E-state index in [1.54, 1.807) is 0 Å². The summed E-state index contributed by atoms with van der Waals surface area (Å²) in [6.45, 7) is 2.16. The summed E-state index contributed by atoms with van der Waals surface area (Å²) >= 11 is 0. The van der Waals surface area contributed by atoms with Gasteiger partial charge in [0.25, 0.3) is 5.69 Å². The summed E-state index contributed by atoms with van der Waals surface area (Å²) in [6.07, 6.45) is 5.76. The Bertz CT molecular complexity index is 763. The van der Waals surface area contributed by atoms with Gasteiger partial charge in [-0.1, -0.05) is 19.8 Å². The standard InChI is InChI=1S/C18H23N3O5/c1-18-7-5-4-6-12(18)16(18)17(22)20-19-10-11-8-14(25-2)15(26-3)9-13(11)21(23)24/h8-10,12,16H,4-7H2,1-3H3,(H,20,22)/b19-10-/t12-,16-,18-/m1/s1. The van der Waals surface area contributed by atoms with Crippen LogP contribution in [0.5, 0.6) is 11.5 Å². The maximum atomic E-state index is 12.4. The van der Waals surface area contributed by atoms with E-state index in [-0.39, 0.29) is 34.2 Å². The molecule has 0 radical (unpaired) electrons. The second kappa shape index (κ2) is 6.93. The van der Waals surface area contributed by atoms with Crippen molar-refractivity contribution in [3.63, 3.8) is 0 Å². The van der Waals surface area contributed by atoms with E-state index in [9.17, 15) is 14.9 Å². The van der Waals surface area contributed by atoms with Gasteiger partial charge in [0.05, 0.1) is 37.0 Å². The number of hydrogen-bond donors (Lipinski definition) is 1. The zero-order valence-electron chi connectivity index (χ0n) is 15.2. The van der Waals surface area contributed by atoms with Crippen molar-refractivity contribution in [3.05, 3.63) is 27.8 Å². The van der Waals surface area contributed by atoms with E-state index in [0.29, 0.717) is 11.7 Å². The lowest BCUT2D eigenvalue weighted by Crippen LogP contribution is -2.22. The quantitative estimate of drug-likeness (QED) is 0.477. The van der Waals surface area contributed by atoms with Crippen molar-refractivity contribution in [3.8, 4) is 11.5 Å². The predicted octanol–water partition coefficient (Wildman–Crippen LogP) is 2.89. The van der Waals surface area contributed by atoms with Crippen molar-refractivity contribution < 1.29 is 19.2 Å². The van der Waals surface area contributed by atoms with Crippen LogP contribution in [-0.4, -0.2) is 31.3 Å². The van der Waals surface area contributed by atoms with E-state index in [1.165, 1.54) is 39.0 Å². The minimum absolute atomic E-state index is 0.0115. The minimum atomic E-state index is -0.526. The van der Waals surface area contributed by atoms with Crippen molar-refractivity contribution >= 4 is 17.8 Å². The summed E-state index contributed by atoms with van der Waals surface area (Å²) in [5, 5.41) is 15.2. The van der Waals surface area contributed by atoms with Crippen LogP contribution in [-0.2, 0) is 4.79 Å². The molecule has 3 rings (SSSR count). The molecule has 1 N–H and O–H groups in total. The summed E-state index contributed by atoms with van der Waals surface area (Å²) < 4.78 is 10.3. The average molecular weight is 361 g/mol. The zero-order chi connectivity index (χ0) is 18.9. The molecule has 1 aromatic carbocycles. The van der Waals surface area contributed by atoms with Crippen LogP contribution in [0, 0.1) is 27.4 Å². The van der Waals surface area contributed by atoms with E-state index >= 15 is 0 Å². The average Bonchev–Trinajstić information content (AvgIpc) is 3.26. The molecule has 1 aromatic rings. The van der Waals surface area contributed by atoms with Crippen LogP contribution in [0.15, 0.2) is 17.2 Å². The number of carbonyl (C=O) groups is 1. The Hall–Kier alpha value is -2.64. The Morgan fingerprint density at radius 2 is 2.04 bits per heavy atom. The lowest BCUT2D eigenvalue weighted by molar-refractivity contribution is -0.385. The minimum Gasteiger partial charge on any atom is -0.493 e. The number of nitro groups is 1. The molecule has 0 heterocycles. The van der Waals surface area contributed by atoms with Crippen molar-refractivity contribution in [1.29, 1.82) is 0 Å². The van der Waals surface area contributed by atoms with Crippen molar-refractivity contribution in [2.24, 2.45) is 22.4 Å². The molecule has 140 valence electrons. The Labute approximate surface area is 151 Å². The third-order valence-corrected chi connectivity index (χ3v) is 5.72. The lowest BCUT2D eigenvalue weighted by Gasteiger charge is -2.15. The van der Waals surface area contributed by atoms with Crippen LogP contribution in [0.25, 0.3) is 0 Å². The number of methoxy groups -OCH3 is 2. The summed E-state index contributed by atoms with van der Waals surface area (Å²) in [4.78, 5) is 23.2. The first-order valence-electron chi connectivity index (χ1n) is 8.65. The van der Waals surface area contributed by atoms with Crippen molar-refractivity contribution in [2.45, 2.75) is 32.6 Å². The third kappa shape index (κ3) is 3.11. The van der Waals surface area contributed by atoms with Gasteiger partial charge in [0, 0.05) is 5.92 Å². The molecule has 2 fully saturated rings. The molecular weight excluding hydrogens is 338 g/mol. The molecule has 0 unspecified atom stereocenters. The molecule has 0 spiro atoms. The molecule has 8 heteroatoms. The zero-order valence-corrected chi connectivity index (χ0v) is 15.2. The Morgan fingerprint density at radius 1 is 1.35 bits per heavy atom. The number of hydrazone groups is 1. The van der Waals surface area contributed by atoms with Crippen molar-refractivity contribution in [2.75, 3.05) is 14.2 Å².